The Morgan fingerprint density at radius 1 is 1.21 bits per heavy atom. The number of ether oxygens (including phenoxy) is 1. The zero-order valence-electron chi connectivity index (χ0n) is 21.1. The molecule has 3 heterocycles. The molecule has 2 aliphatic heterocycles. The van der Waals surface area contributed by atoms with Gasteiger partial charge in [-0.05, 0) is 74.1 Å². The van der Waals surface area contributed by atoms with Gasteiger partial charge in [-0.15, -0.1) is 0 Å². The van der Waals surface area contributed by atoms with Crippen molar-refractivity contribution < 1.29 is 14.3 Å². The van der Waals surface area contributed by atoms with Gasteiger partial charge in [0.05, 0.1) is 12.7 Å². The van der Waals surface area contributed by atoms with E-state index in [0.717, 1.165) is 50.8 Å². The number of aromatic nitrogens is 1. The Bertz CT molecular complexity index is 1080. The fourth-order valence-electron chi connectivity index (χ4n) is 6.07. The average molecular weight is 466 g/mol. The summed E-state index contributed by atoms with van der Waals surface area (Å²) in [7, 11) is 2.16. The molecule has 1 aliphatic carbocycles. The highest BCUT2D eigenvalue weighted by Gasteiger charge is 2.33. The Morgan fingerprint density at radius 3 is 2.74 bits per heavy atom. The maximum Gasteiger partial charge on any atom is 0.253 e. The van der Waals surface area contributed by atoms with Gasteiger partial charge in [0.25, 0.3) is 5.91 Å². The predicted molar refractivity (Wildman–Crippen MR) is 134 cm³/mol. The number of piperidine rings is 1. The molecule has 2 amide bonds. The lowest BCUT2D eigenvalue weighted by molar-refractivity contribution is -0.125. The van der Waals surface area contributed by atoms with E-state index in [1.54, 1.807) is 0 Å². The lowest BCUT2D eigenvalue weighted by Crippen LogP contribution is -2.50. The molecule has 6 heteroatoms. The van der Waals surface area contributed by atoms with Gasteiger partial charge in [0.2, 0.25) is 5.91 Å². The zero-order valence-corrected chi connectivity index (χ0v) is 21.1. The van der Waals surface area contributed by atoms with Crippen molar-refractivity contribution in [2.24, 2.45) is 24.8 Å². The molecular formula is C28H39N3O3. The number of fused-ring (bicyclic) bond motifs is 3. The molecule has 0 spiro atoms. The standard InChI is InChI=1S/C28H39N3O3/c1-17(2)27(32)29-21-6-5-11-31(15-21)28(33)20-8-10-26-24(14-20)23-13-19(7-9-25(23)30(26)4)18(3)12-22-16-34-22/h8,10,14,17-19,21-22H,5-7,9,11-13,15-16H2,1-4H3,(H,29,32). The van der Waals surface area contributed by atoms with E-state index >= 15 is 0 Å². The molecule has 1 aromatic carbocycles. The van der Waals surface area contributed by atoms with Crippen LogP contribution >= 0.6 is 0 Å². The first kappa shape index (κ1) is 23.4. The first-order chi connectivity index (χ1) is 16.3. The van der Waals surface area contributed by atoms with Crippen molar-refractivity contribution in [3.05, 3.63) is 35.0 Å². The molecule has 3 aliphatic rings. The van der Waals surface area contributed by atoms with Crippen molar-refractivity contribution in [2.45, 2.75) is 71.4 Å². The van der Waals surface area contributed by atoms with Gasteiger partial charge in [-0.2, -0.15) is 0 Å². The van der Waals surface area contributed by atoms with E-state index in [-0.39, 0.29) is 23.8 Å². The van der Waals surface area contributed by atoms with Gasteiger partial charge < -0.3 is 19.5 Å². The van der Waals surface area contributed by atoms with Gasteiger partial charge in [0, 0.05) is 54.3 Å². The van der Waals surface area contributed by atoms with Crippen molar-refractivity contribution in [3.63, 3.8) is 0 Å². The summed E-state index contributed by atoms with van der Waals surface area (Å²) in [5.41, 5.74) is 4.85. The second kappa shape index (κ2) is 9.37. The van der Waals surface area contributed by atoms with Crippen LogP contribution in [0.15, 0.2) is 18.2 Å². The molecule has 5 rings (SSSR count). The van der Waals surface area contributed by atoms with Gasteiger partial charge in [-0.25, -0.2) is 0 Å². The monoisotopic (exact) mass is 465 g/mol. The first-order valence-corrected chi connectivity index (χ1v) is 13.1. The summed E-state index contributed by atoms with van der Waals surface area (Å²) in [5, 5.41) is 4.36. The SMILES string of the molecule is CC(C)C(=O)NC1CCCN(C(=O)c2ccc3c(c2)c2c(n3C)CCC(C(C)CC3CO3)C2)C1. The topological polar surface area (TPSA) is 66.9 Å². The third-order valence-electron chi connectivity index (χ3n) is 8.32. The maximum absolute atomic E-state index is 13.5. The van der Waals surface area contributed by atoms with Gasteiger partial charge in [0.15, 0.2) is 0 Å². The van der Waals surface area contributed by atoms with Crippen LogP contribution in [-0.4, -0.2) is 53.1 Å². The zero-order chi connectivity index (χ0) is 24.0. The molecule has 1 aromatic heterocycles. The molecule has 0 saturated carbocycles. The van der Waals surface area contributed by atoms with Crippen LogP contribution in [0.1, 0.15) is 68.1 Å². The number of hydrogen-bond acceptors (Lipinski definition) is 3. The van der Waals surface area contributed by atoms with Crippen molar-refractivity contribution in [3.8, 4) is 0 Å². The number of likely N-dealkylation sites (tertiary alicyclic amines) is 1. The Kier molecular flexibility index (Phi) is 6.45. The van der Waals surface area contributed by atoms with Crippen LogP contribution in [0.3, 0.4) is 0 Å². The molecule has 2 fully saturated rings. The van der Waals surface area contributed by atoms with Crippen LogP contribution in [0.2, 0.25) is 0 Å². The molecule has 34 heavy (non-hydrogen) atoms. The highest BCUT2D eigenvalue weighted by atomic mass is 16.6. The molecule has 184 valence electrons. The fraction of sp³-hybridized carbons (Fsp3) is 0.643. The Morgan fingerprint density at radius 2 is 2.00 bits per heavy atom. The minimum absolute atomic E-state index is 0.0403. The molecule has 6 nitrogen and oxygen atoms in total. The number of rotatable bonds is 6. The quantitative estimate of drug-likeness (QED) is 0.654. The number of amides is 2. The normalized spacial score (nSPS) is 25.3. The Labute approximate surface area is 203 Å². The van der Waals surface area contributed by atoms with E-state index < -0.39 is 0 Å². The summed E-state index contributed by atoms with van der Waals surface area (Å²) < 4.78 is 7.82. The van der Waals surface area contributed by atoms with Crippen molar-refractivity contribution in [2.75, 3.05) is 19.7 Å². The van der Waals surface area contributed by atoms with Crippen molar-refractivity contribution in [1.82, 2.24) is 14.8 Å². The smallest absolute Gasteiger partial charge is 0.253 e. The van der Waals surface area contributed by atoms with Crippen LogP contribution in [0.4, 0.5) is 0 Å². The van der Waals surface area contributed by atoms with E-state index in [0.29, 0.717) is 24.5 Å². The van der Waals surface area contributed by atoms with Crippen molar-refractivity contribution >= 4 is 22.7 Å². The summed E-state index contributed by atoms with van der Waals surface area (Å²) in [5.74, 6) is 1.44. The largest absolute Gasteiger partial charge is 0.373 e. The van der Waals surface area contributed by atoms with Gasteiger partial charge in [-0.3, -0.25) is 9.59 Å². The first-order valence-electron chi connectivity index (χ1n) is 13.1. The summed E-state index contributed by atoms with van der Waals surface area (Å²) in [4.78, 5) is 27.6. The summed E-state index contributed by atoms with van der Waals surface area (Å²) in [6.45, 7) is 8.46. The van der Waals surface area contributed by atoms with E-state index in [9.17, 15) is 9.59 Å². The molecule has 2 saturated heterocycles. The second-order valence-corrected chi connectivity index (χ2v) is 11.1. The Balaban J connectivity index is 1.35. The maximum atomic E-state index is 13.5. The van der Waals surface area contributed by atoms with Gasteiger partial charge >= 0.3 is 0 Å². The lowest BCUT2D eigenvalue weighted by atomic mass is 9.77. The summed E-state index contributed by atoms with van der Waals surface area (Å²) in [6, 6.07) is 6.28. The molecule has 2 aromatic rings. The van der Waals surface area contributed by atoms with Crippen LogP contribution in [0, 0.1) is 17.8 Å². The van der Waals surface area contributed by atoms with E-state index in [1.807, 2.05) is 24.8 Å². The van der Waals surface area contributed by atoms with Crippen molar-refractivity contribution in [1.29, 1.82) is 0 Å². The molecule has 1 N–H and O–H groups in total. The number of nitrogens with one attached hydrogen (secondary N) is 1. The summed E-state index contributed by atoms with van der Waals surface area (Å²) >= 11 is 0. The van der Waals surface area contributed by atoms with Gasteiger partial charge in [0.1, 0.15) is 0 Å². The minimum atomic E-state index is -0.0407. The third kappa shape index (κ3) is 4.61. The number of nitrogens with zero attached hydrogens (tertiary/aromatic N) is 2. The minimum Gasteiger partial charge on any atom is -0.373 e. The average Bonchev–Trinajstić information content (AvgIpc) is 3.61. The molecule has 4 unspecified atom stereocenters. The number of hydrogen-bond donors (Lipinski definition) is 1. The molecule has 4 atom stereocenters. The fourth-order valence-corrected chi connectivity index (χ4v) is 6.07. The highest BCUT2D eigenvalue weighted by Crippen LogP contribution is 2.39. The third-order valence-corrected chi connectivity index (χ3v) is 8.32. The molecule has 0 bridgehead atoms. The molecule has 0 radical (unpaired) electrons. The Hall–Kier alpha value is -2.34. The van der Waals surface area contributed by atoms with Crippen LogP contribution in [0.25, 0.3) is 10.9 Å². The van der Waals surface area contributed by atoms with Crippen LogP contribution < -0.4 is 5.32 Å². The van der Waals surface area contributed by atoms with Crippen LogP contribution in [0.5, 0.6) is 0 Å². The summed E-state index contributed by atoms with van der Waals surface area (Å²) in [6.07, 6.45) is 6.92. The van der Waals surface area contributed by atoms with E-state index in [4.69, 9.17) is 4.74 Å². The van der Waals surface area contributed by atoms with Gasteiger partial charge in [-0.1, -0.05) is 20.8 Å². The number of carbonyl (C=O) groups is 2. The lowest BCUT2D eigenvalue weighted by Gasteiger charge is -2.33. The van der Waals surface area contributed by atoms with E-state index in [1.165, 1.54) is 28.6 Å². The number of epoxide rings is 1. The molecular weight excluding hydrogens is 426 g/mol. The van der Waals surface area contributed by atoms with E-state index in [2.05, 4.69) is 36.0 Å². The predicted octanol–water partition coefficient (Wildman–Crippen LogP) is 4.09. The van der Waals surface area contributed by atoms with Crippen LogP contribution in [-0.2, 0) is 29.4 Å². The number of benzene rings is 1. The number of aryl methyl sites for hydroxylation is 1. The second-order valence-electron chi connectivity index (χ2n) is 11.1. The highest BCUT2D eigenvalue weighted by molar-refractivity contribution is 5.99. The number of carbonyl (C=O) groups excluding carboxylic acids is 2.